The topological polar surface area (TPSA) is 18.5 Å². The molecule has 4 fully saturated rings. The lowest BCUT2D eigenvalue weighted by Crippen LogP contribution is -2.54. The Hall–Kier alpha value is -2.58. The fourth-order valence-electron chi connectivity index (χ4n) is 8.54. The molecule has 8 rings (SSSR count). The van der Waals surface area contributed by atoms with Crippen molar-refractivity contribution >= 4 is 0 Å². The van der Waals surface area contributed by atoms with Crippen molar-refractivity contribution < 1.29 is 9.47 Å². The van der Waals surface area contributed by atoms with E-state index in [0.29, 0.717) is 11.8 Å². The third-order valence-electron chi connectivity index (χ3n) is 10.1. The highest BCUT2D eigenvalue weighted by molar-refractivity contribution is 5.78. The first-order valence-electron chi connectivity index (χ1n) is 14.7. The van der Waals surface area contributed by atoms with E-state index in [1.807, 2.05) is 0 Å². The van der Waals surface area contributed by atoms with Gasteiger partial charge in [-0.25, -0.2) is 0 Å². The van der Waals surface area contributed by atoms with E-state index >= 15 is 0 Å². The second-order valence-corrected chi connectivity index (χ2v) is 12.6. The van der Waals surface area contributed by atoms with E-state index < -0.39 is 0 Å². The number of rotatable bonds is 8. The Labute approximate surface area is 222 Å². The quantitative estimate of drug-likeness (QED) is 0.292. The van der Waals surface area contributed by atoms with Gasteiger partial charge in [-0.1, -0.05) is 74.5 Å². The molecule has 0 amide bonds. The van der Waals surface area contributed by atoms with Gasteiger partial charge in [-0.05, 0) is 109 Å². The Morgan fingerprint density at radius 2 is 1.30 bits per heavy atom. The first-order valence-corrected chi connectivity index (χ1v) is 14.7. The van der Waals surface area contributed by atoms with Gasteiger partial charge in [0.15, 0.2) is 0 Å². The predicted octanol–water partition coefficient (Wildman–Crippen LogP) is 9.09. The van der Waals surface area contributed by atoms with E-state index in [-0.39, 0.29) is 11.9 Å². The molecule has 0 aromatic heterocycles. The van der Waals surface area contributed by atoms with E-state index in [1.165, 1.54) is 66.3 Å². The molecule has 2 heteroatoms. The summed E-state index contributed by atoms with van der Waals surface area (Å²) in [4.78, 5) is 0. The molecule has 5 aliphatic rings. The Kier molecular flexibility index (Phi) is 5.92. The maximum Gasteiger partial charge on any atom is 0.201 e. The Bertz CT molecular complexity index is 1180. The molecule has 0 spiro atoms. The molecule has 4 saturated carbocycles. The van der Waals surface area contributed by atoms with Crippen LogP contribution in [0.3, 0.4) is 0 Å². The number of hydrogen-bond acceptors (Lipinski definition) is 2. The number of fused-ring (bicyclic) bond motifs is 3. The zero-order valence-corrected chi connectivity index (χ0v) is 22.4. The van der Waals surface area contributed by atoms with Crippen LogP contribution in [0.4, 0.5) is 0 Å². The number of ether oxygens (including phenoxy) is 2. The molecular formula is C35H40O2. The van der Waals surface area contributed by atoms with Crippen LogP contribution in [0.2, 0.25) is 0 Å². The Morgan fingerprint density at radius 1 is 0.757 bits per heavy atom. The summed E-state index contributed by atoms with van der Waals surface area (Å²) in [5.41, 5.74) is 6.96. The molecule has 5 aliphatic carbocycles. The lowest BCUT2D eigenvalue weighted by atomic mass is 9.54. The smallest absolute Gasteiger partial charge is 0.201 e. The summed E-state index contributed by atoms with van der Waals surface area (Å²) in [5.74, 6) is 4.37. The molecule has 2 nitrogen and oxygen atoms in total. The van der Waals surface area contributed by atoms with Gasteiger partial charge in [-0.3, -0.25) is 0 Å². The maximum absolute atomic E-state index is 7.22. The van der Waals surface area contributed by atoms with Crippen LogP contribution in [-0.4, -0.2) is 11.9 Å². The minimum Gasteiger partial charge on any atom is -0.465 e. The van der Waals surface area contributed by atoms with Gasteiger partial charge in [0.1, 0.15) is 5.75 Å². The summed E-state index contributed by atoms with van der Waals surface area (Å²) >= 11 is 0. The molecule has 0 aliphatic heterocycles. The van der Waals surface area contributed by atoms with Gasteiger partial charge < -0.3 is 9.47 Å². The van der Waals surface area contributed by atoms with Crippen molar-refractivity contribution in [3.8, 4) is 16.9 Å². The standard InChI is InChI=1S/C35H40O2/c1-3-23(2)27-12-14-28(15-13-27)36-34(37-35-20-24-16-25(21-35)18-26(17-24)22-35)19-33-31-10-6-4-8-29(31)30-9-5-7-11-32(30)33/h4-15,23-26,33-34H,3,16-22H2,1-2H3. The van der Waals surface area contributed by atoms with Crippen LogP contribution in [0.5, 0.6) is 5.75 Å². The Morgan fingerprint density at radius 3 is 1.84 bits per heavy atom. The molecule has 2 atom stereocenters. The monoisotopic (exact) mass is 492 g/mol. The van der Waals surface area contributed by atoms with Crippen LogP contribution >= 0.6 is 0 Å². The van der Waals surface area contributed by atoms with Crippen LogP contribution in [-0.2, 0) is 4.74 Å². The molecule has 0 radical (unpaired) electrons. The van der Waals surface area contributed by atoms with Crippen LogP contribution in [0.1, 0.15) is 93.7 Å². The summed E-state index contributed by atoms with van der Waals surface area (Å²) < 4.78 is 14.0. The molecule has 4 bridgehead atoms. The third kappa shape index (κ3) is 4.32. The van der Waals surface area contributed by atoms with Crippen molar-refractivity contribution in [3.63, 3.8) is 0 Å². The van der Waals surface area contributed by atoms with E-state index in [0.717, 1.165) is 36.3 Å². The van der Waals surface area contributed by atoms with Crippen molar-refractivity contribution in [2.24, 2.45) is 17.8 Å². The summed E-state index contributed by atoms with van der Waals surface area (Å²) in [5, 5.41) is 0. The van der Waals surface area contributed by atoms with Gasteiger partial charge in [0.05, 0.1) is 5.60 Å². The van der Waals surface area contributed by atoms with Crippen molar-refractivity contribution in [2.75, 3.05) is 0 Å². The van der Waals surface area contributed by atoms with E-state index in [1.54, 1.807) is 0 Å². The van der Waals surface area contributed by atoms with E-state index in [2.05, 4.69) is 86.6 Å². The first-order chi connectivity index (χ1) is 18.1. The van der Waals surface area contributed by atoms with Crippen LogP contribution in [0, 0.1) is 17.8 Å². The van der Waals surface area contributed by atoms with Gasteiger partial charge in [-0.15, -0.1) is 0 Å². The van der Waals surface area contributed by atoms with Gasteiger partial charge in [0.25, 0.3) is 0 Å². The van der Waals surface area contributed by atoms with Gasteiger partial charge in [0, 0.05) is 12.3 Å². The largest absolute Gasteiger partial charge is 0.465 e. The lowest BCUT2D eigenvalue weighted by molar-refractivity contribution is -0.233. The van der Waals surface area contributed by atoms with E-state index in [4.69, 9.17) is 9.47 Å². The van der Waals surface area contributed by atoms with Gasteiger partial charge in [-0.2, -0.15) is 0 Å². The average Bonchev–Trinajstić information content (AvgIpc) is 3.21. The SMILES string of the molecule is CCC(C)c1ccc(OC(CC2c3ccccc3-c3ccccc32)OC23CC4CC(CC(C4)C2)C3)cc1. The minimum atomic E-state index is -0.255. The molecule has 0 heterocycles. The summed E-state index contributed by atoms with van der Waals surface area (Å²) in [7, 11) is 0. The summed E-state index contributed by atoms with van der Waals surface area (Å²) in [6, 6.07) is 26.7. The molecule has 3 aromatic carbocycles. The van der Waals surface area contributed by atoms with Crippen LogP contribution < -0.4 is 4.74 Å². The highest BCUT2D eigenvalue weighted by Crippen LogP contribution is 2.58. The molecule has 0 saturated heterocycles. The normalized spacial score (nSPS) is 29.1. The lowest BCUT2D eigenvalue weighted by Gasteiger charge is -2.56. The van der Waals surface area contributed by atoms with E-state index in [9.17, 15) is 0 Å². The molecular weight excluding hydrogens is 452 g/mol. The van der Waals surface area contributed by atoms with Crippen LogP contribution in [0.25, 0.3) is 11.1 Å². The fraction of sp³-hybridized carbons (Fsp3) is 0.486. The number of benzene rings is 3. The second kappa shape index (κ2) is 9.31. The van der Waals surface area contributed by atoms with Crippen LogP contribution in [0.15, 0.2) is 72.8 Å². The van der Waals surface area contributed by atoms with Gasteiger partial charge >= 0.3 is 0 Å². The third-order valence-corrected chi connectivity index (χ3v) is 10.1. The Balaban J connectivity index is 1.20. The predicted molar refractivity (Wildman–Crippen MR) is 150 cm³/mol. The molecule has 37 heavy (non-hydrogen) atoms. The second-order valence-electron chi connectivity index (χ2n) is 12.6. The highest BCUT2D eigenvalue weighted by Gasteiger charge is 2.53. The summed E-state index contributed by atoms with van der Waals surface area (Å²) in [6.45, 7) is 4.55. The molecule has 192 valence electrons. The zero-order chi connectivity index (χ0) is 25.0. The first kappa shape index (κ1) is 23.5. The zero-order valence-electron chi connectivity index (χ0n) is 22.4. The molecule has 3 aromatic rings. The van der Waals surface area contributed by atoms with Crippen molar-refractivity contribution in [1.82, 2.24) is 0 Å². The van der Waals surface area contributed by atoms with Crippen molar-refractivity contribution in [2.45, 2.75) is 88.9 Å². The van der Waals surface area contributed by atoms with Gasteiger partial charge in [0.2, 0.25) is 6.29 Å². The molecule has 0 N–H and O–H groups in total. The highest BCUT2D eigenvalue weighted by atomic mass is 16.7. The fourth-order valence-corrected chi connectivity index (χ4v) is 8.54. The van der Waals surface area contributed by atoms with Crippen molar-refractivity contribution in [3.05, 3.63) is 89.5 Å². The van der Waals surface area contributed by atoms with Crippen molar-refractivity contribution in [1.29, 1.82) is 0 Å². The summed E-state index contributed by atoms with van der Waals surface area (Å²) in [6.07, 6.45) is 9.70. The average molecular weight is 493 g/mol. The minimum absolute atomic E-state index is 0.00766. The molecule has 2 unspecified atom stereocenters. The maximum atomic E-state index is 7.22. The number of hydrogen-bond donors (Lipinski definition) is 0.